The Kier molecular flexibility index (Phi) is 7.07. The Morgan fingerprint density at radius 2 is 2.17 bits per heavy atom. The number of ether oxygens (including phenoxy) is 1. The van der Waals surface area contributed by atoms with E-state index >= 15 is 0 Å². The summed E-state index contributed by atoms with van der Waals surface area (Å²) in [5, 5.41) is 2.63. The topological polar surface area (TPSA) is 94.6 Å². The van der Waals surface area contributed by atoms with Crippen LogP contribution in [0.3, 0.4) is 0 Å². The lowest BCUT2D eigenvalue weighted by molar-refractivity contribution is -0.121. The van der Waals surface area contributed by atoms with Gasteiger partial charge in [-0.2, -0.15) is 0 Å². The number of hydrogen-bond acceptors (Lipinski definition) is 5. The minimum absolute atomic E-state index is 0. The van der Waals surface area contributed by atoms with Gasteiger partial charge < -0.3 is 20.2 Å². The summed E-state index contributed by atoms with van der Waals surface area (Å²) in [7, 11) is 1.30. The Morgan fingerprint density at radius 1 is 1.50 bits per heavy atom. The molecule has 1 aromatic heterocycles. The van der Waals surface area contributed by atoms with Crippen LogP contribution in [0.4, 0.5) is 0 Å². The van der Waals surface area contributed by atoms with E-state index in [0.29, 0.717) is 23.6 Å². The maximum atomic E-state index is 11.3. The number of hydrogen-bond donors (Lipinski definition) is 2. The van der Waals surface area contributed by atoms with Gasteiger partial charge in [0.1, 0.15) is 17.1 Å². The predicted molar refractivity (Wildman–Crippen MR) is 67.6 cm³/mol. The molecule has 0 radical (unpaired) electrons. The number of amides is 1. The lowest BCUT2D eigenvalue weighted by Crippen LogP contribution is -2.24. The zero-order valence-electron chi connectivity index (χ0n) is 10.3. The highest BCUT2D eigenvalue weighted by Gasteiger charge is 2.15. The van der Waals surface area contributed by atoms with Gasteiger partial charge in [-0.3, -0.25) is 4.79 Å². The molecule has 0 aliphatic carbocycles. The van der Waals surface area contributed by atoms with E-state index in [2.05, 4.69) is 10.1 Å². The summed E-state index contributed by atoms with van der Waals surface area (Å²) in [6.45, 7) is 2.20. The molecule has 1 amide bonds. The van der Waals surface area contributed by atoms with Crippen molar-refractivity contribution in [1.29, 1.82) is 0 Å². The molecule has 1 heterocycles. The predicted octanol–water partition coefficient (Wildman–Crippen LogP) is 0.761. The Bertz CT molecular complexity index is 417. The summed E-state index contributed by atoms with van der Waals surface area (Å²) >= 11 is 0. The molecule has 18 heavy (non-hydrogen) atoms. The number of carbonyl (C=O) groups excluding carboxylic acids is 2. The molecule has 6 nitrogen and oxygen atoms in total. The second kappa shape index (κ2) is 7.73. The van der Waals surface area contributed by atoms with Crippen LogP contribution in [-0.4, -0.2) is 25.5 Å². The van der Waals surface area contributed by atoms with Crippen LogP contribution in [0, 0.1) is 6.92 Å². The van der Waals surface area contributed by atoms with E-state index in [9.17, 15) is 9.59 Å². The van der Waals surface area contributed by atoms with Gasteiger partial charge in [0.15, 0.2) is 0 Å². The summed E-state index contributed by atoms with van der Waals surface area (Å²) in [5.74, 6) is 0.375. The fraction of sp³-hybridized carbons (Fsp3) is 0.455. The lowest BCUT2D eigenvalue weighted by Gasteiger charge is -2.00. The average molecular weight is 277 g/mol. The van der Waals surface area contributed by atoms with Crippen LogP contribution in [0.25, 0.3) is 0 Å². The molecule has 0 aliphatic heterocycles. The highest BCUT2D eigenvalue weighted by molar-refractivity contribution is 5.90. The zero-order valence-corrected chi connectivity index (χ0v) is 11.1. The molecule has 0 spiro atoms. The molecular weight excluding hydrogens is 260 g/mol. The lowest BCUT2D eigenvalue weighted by atomic mass is 10.2. The maximum Gasteiger partial charge on any atom is 0.341 e. The second-order valence-corrected chi connectivity index (χ2v) is 3.49. The molecule has 0 saturated carbocycles. The van der Waals surface area contributed by atoms with Crippen molar-refractivity contribution in [3.8, 4) is 0 Å². The normalized spacial score (nSPS) is 9.50. The van der Waals surface area contributed by atoms with Gasteiger partial charge in [-0.1, -0.05) is 0 Å². The third kappa shape index (κ3) is 4.38. The largest absolute Gasteiger partial charge is 0.465 e. The molecule has 0 aromatic carbocycles. The van der Waals surface area contributed by atoms with Gasteiger partial charge >= 0.3 is 5.97 Å². The Balaban J connectivity index is 0.00000289. The van der Waals surface area contributed by atoms with Crippen molar-refractivity contribution in [1.82, 2.24) is 5.32 Å². The van der Waals surface area contributed by atoms with Gasteiger partial charge in [0.2, 0.25) is 5.91 Å². The number of furan rings is 1. The molecule has 7 heteroatoms. The highest BCUT2D eigenvalue weighted by atomic mass is 35.5. The molecule has 0 aliphatic rings. The molecule has 0 fully saturated rings. The van der Waals surface area contributed by atoms with Gasteiger partial charge in [-0.15, -0.1) is 12.4 Å². The van der Waals surface area contributed by atoms with Crippen molar-refractivity contribution in [2.75, 3.05) is 13.7 Å². The molecule has 0 unspecified atom stereocenters. The van der Waals surface area contributed by atoms with Crippen molar-refractivity contribution >= 4 is 24.3 Å². The average Bonchev–Trinajstić information content (AvgIpc) is 2.67. The molecule has 1 rings (SSSR count). The first-order valence-electron chi connectivity index (χ1n) is 5.23. The third-order valence-corrected chi connectivity index (χ3v) is 2.21. The van der Waals surface area contributed by atoms with Gasteiger partial charge in [0.05, 0.1) is 13.7 Å². The SMILES string of the molecule is COC(=O)c1cc(CNC(=O)CCN)oc1C.Cl. The van der Waals surface area contributed by atoms with Crippen LogP contribution < -0.4 is 11.1 Å². The summed E-state index contributed by atoms with van der Waals surface area (Å²) in [6, 6.07) is 1.56. The number of carbonyl (C=O) groups is 2. The Hall–Kier alpha value is -1.53. The number of aryl methyl sites for hydroxylation is 1. The van der Waals surface area contributed by atoms with Crippen LogP contribution in [0.15, 0.2) is 10.5 Å². The monoisotopic (exact) mass is 276 g/mol. The second-order valence-electron chi connectivity index (χ2n) is 3.49. The van der Waals surface area contributed by atoms with E-state index in [1.165, 1.54) is 7.11 Å². The fourth-order valence-electron chi connectivity index (χ4n) is 1.35. The first-order chi connectivity index (χ1) is 8.08. The van der Waals surface area contributed by atoms with Crippen molar-refractivity contribution < 1.29 is 18.7 Å². The first-order valence-corrected chi connectivity index (χ1v) is 5.23. The van der Waals surface area contributed by atoms with Crippen molar-refractivity contribution in [3.05, 3.63) is 23.2 Å². The standard InChI is InChI=1S/C11H16N2O4.ClH/c1-7-9(11(15)16-2)5-8(17-7)6-13-10(14)3-4-12;/h5H,3-4,6,12H2,1-2H3,(H,13,14);1H. The van der Waals surface area contributed by atoms with Crippen molar-refractivity contribution in [3.63, 3.8) is 0 Å². The molecule has 0 atom stereocenters. The van der Waals surface area contributed by atoms with Crippen molar-refractivity contribution in [2.45, 2.75) is 19.9 Å². The minimum atomic E-state index is -0.453. The van der Waals surface area contributed by atoms with E-state index in [0.717, 1.165) is 0 Å². The third-order valence-electron chi connectivity index (χ3n) is 2.21. The minimum Gasteiger partial charge on any atom is -0.465 e. The molecule has 0 bridgehead atoms. The van der Waals surface area contributed by atoms with Crippen LogP contribution >= 0.6 is 12.4 Å². The summed E-state index contributed by atoms with van der Waals surface area (Å²) < 4.78 is 9.91. The highest BCUT2D eigenvalue weighted by Crippen LogP contribution is 2.15. The summed E-state index contributed by atoms with van der Waals surface area (Å²) in [6.07, 6.45) is 0.267. The van der Waals surface area contributed by atoms with Gasteiger partial charge in [0.25, 0.3) is 0 Å². The number of nitrogens with two attached hydrogens (primary N) is 1. The maximum absolute atomic E-state index is 11.3. The van der Waals surface area contributed by atoms with E-state index in [4.69, 9.17) is 10.2 Å². The fourth-order valence-corrected chi connectivity index (χ4v) is 1.35. The van der Waals surface area contributed by atoms with E-state index < -0.39 is 5.97 Å². The molecule has 1 aromatic rings. The number of esters is 1. The van der Waals surface area contributed by atoms with Gasteiger partial charge in [-0.05, 0) is 13.0 Å². The summed E-state index contributed by atoms with van der Waals surface area (Å²) in [4.78, 5) is 22.5. The molecular formula is C11H17ClN2O4. The number of halogens is 1. The van der Waals surface area contributed by atoms with Gasteiger partial charge in [0, 0.05) is 13.0 Å². The van der Waals surface area contributed by atoms with E-state index in [1.807, 2.05) is 0 Å². The van der Waals surface area contributed by atoms with Crippen LogP contribution in [0.5, 0.6) is 0 Å². The smallest absolute Gasteiger partial charge is 0.341 e. The van der Waals surface area contributed by atoms with Crippen LogP contribution in [0.1, 0.15) is 28.3 Å². The van der Waals surface area contributed by atoms with Gasteiger partial charge in [-0.25, -0.2) is 4.79 Å². The number of nitrogens with one attached hydrogen (secondary N) is 1. The van der Waals surface area contributed by atoms with Crippen LogP contribution in [-0.2, 0) is 16.1 Å². The quantitative estimate of drug-likeness (QED) is 0.774. The Morgan fingerprint density at radius 3 is 2.72 bits per heavy atom. The number of rotatable bonds is 5. The Labute approximate surface area is 111 Å². The molecule has 0 saturated heterocycles. The zero-order chi connectivity index (χ0) is 12.8. The van der Waals surface area contributed by atoms with E-state index in [1.54, 1.807) is 13.0 Å². The van der Waals surface area contributed by atoms with Crippen LogP contribution in [0.2, 0.25) is 0 Å². The summed E-state index contributed by atoms with van der Waals surface area (Å²) in [5.41, 5.74) is 5.61. The molecule has 102 valence electrons. The van der Waals surface area contributed by atoms with Crippen molar-refractivity contribution in [2.24, 2.45) is 5.73 Å². The van der Waals surface area contributed by atoms with E-state index in [-0.39, 0.29) is 31.3 Å². The first kappa shape index (κ1) is 16.5. The molecule has 3 N–H and O–H groups in total. The number of methoxy groups -OCH3 is 1.